The zero-order chi connectivity index (χ0) is 20.1. The second-order valence-corrected chi connectivity index (χ2v) is 7.75. The Morgan fingerprint density at radius 2 is 1.93 bits per heavy atom. The number of aromatic nitrogens is 2. The summed E-state index contributed by atoms with van der Waals surface area (Å²) in [5, 5.41) is 6.89. The van der Waals surface area contributed by atoms with Crippen molar-refractivity contribution in [3.05, 3.63) is 78.4 Å². The van der Waals surface area contributed by atoms with E-state index in [0.717, 1.165) is 25.0 Å². The first kappa shape index (κ1) is 22.3. The van der Waals surface area contributed by atoms with Crippen molar-refractivity contribution >= 4 is 29.9 Å². The van der Waals surface area contributed by atoms with E-state index in [9.17, 15) is 0 Å². The smallest absolute Gasteiger partial charge is 0.191 e. The van der Waals surface area contributed by atoms with Gasteiger partial charge in [-0.2, -0.15) is 0 Å². The van der Waals surface area contributed by atoms with Gasteiger partial charge in [0.1, 0.15) is 0 Å². The highest BCUT2D eigenvalue weighted by molar-refractivity contribution is 14.0. The number of nitrogens with zero attached hydrogens (tertiary/aromatic N) is 3. The van der Waals surface area contributed by atoms with E-state index in [2.05, 4.69) is 82.6 Å². The first-order chi connectivity index (χ1) is 14.2. The molecule has 1 aliphatic carbocycles. The number of aliphatic imine (C=N–C) groups is 1. The predicted octanol–water partition coefficient (Wildman–Crippen LogP) is 4.68. The Hall–Kier alpha value is -2.35. The third-order valence-corrected chi connectivity index (χ3v) is 5.39. The number of rotatable bonds is 7. The van der Waals surface area contributed by atoms with E-state index < -0.39 is 0 Å². The molecule has 158 valence electrons. The van der Waals surface area contributed by atoms with Crippen LogP contribution in [-0.4, -0.2) is 28.1 Å². The van der Waals surface area contributed by atoms with E-state index in [4.69, 9.17) is 4.99 Å². The first-order valence-corrected chi connectivity index (χ1v) is 10.4. The van der Waals surface area contributed by atoms with Crippen molar-refractivity contribution in [2.24, 2.45) is 10.9 Å². The van der Waals surface area contributed by atoms with Crippen LogP contribution in [0.2, 0.25) is 0 Å². The molecule has 6 heteroatoms. The van der Waals surface area contributed by atoms with Gasteiger partial charge in [-0.15, -0.1) is 24.0 Å². The lowest BCUT2D eigenvalue weighted by molar-refractivity contribution is 0.766. The van der Waals surface area contributed by atoms with Crippen molar-refractivity contribution in [1.82, 2.24) is 20.2 Å². The number of guanidine groups is 1. The van der Waals surface area contributed by atoms with Gasteiger partial charge in [-0.1, -0.05) is 55.5 Å². The van der Waals surface area contributed by atoms with Gasteiger partial charge in [0.15, 0.2) is 5.96 Å². The van der Waals surface area contributed by atoms with Gasteiger partial charge in [0.2, 0.25) is 0 Å². The van der Waals surface area contributed by atoms with Crippen LogP contribution in [0.25, 0.3) is 11.1 Å². The molecule has 4 rings (SSSR count). The van der Waals surface area contributed by atoms with Crippen LogP contribution >= 0.6 is 24.0 Å². The van der Waals surface area contributed by atoms with Crippen molar-refractivity contribution in [2.75, 3.05) is 6.54 Å². The summed E-state index contributed by atoms with van der Waals surface area (Å²) in [6.45, 7) is 6.74. The summed E-state index contributed by atoms with van der Waals surface area (Å²) in [6.07, 6.45) is 6.87. The van der Waals surface area contributed by atoms with Crippen LogP contribution < -0.4 is 10.6 Å². The molecular weight excluding hydrogens is 485 g/mol. The van der Waals surface area contributed by atoms with Crippen molar-refractivity contribution in [3.8, 4) is 11.1 Å². The van der Waals surface area contributed by atoms with E-state index >= 15 is 0 Å². The molecule has 1 fully saturated rings. The molecule has 1 saturated carbocycles. The summed E-state index contributed by atoms with van der Waals surface area (Å²) in [5.74, 6) is 1.65. The van der Waals surface area contributed by atoms with Crippen LogP contribution in [0.1, 0.15) is 31.4 Å². The maximum atomic E-state index is 4.84. The van der Waals surface area contributed by atoms with Crippen molar-refractivity contribution < 1.29 is 0 Å². The van der Waals surface area contributed by atoms with E-state index in [1.54, 1.807) is 0 Å². The van der Waals surface area contributed by atoms with E-state index in [0.29, 0.717) is 12.6 Å². The van der Waals surface area contributed by atoms with Crippen LogP contribution in [0.15, 0.2) is 72.2 Å². The second kappa shape index (κ2) is 10.6. The van der Waals surface area contributed by atoms with Crippen LogP contribution in [0.3, 0.4) is 0 Å². The molecule has 0 radical (unpaired) electrons. The van der Waals surface area contributed by atoms with Gasteiger partial charge in [0.05, 0.1) is 12.9 Å². The zero-order valence-corrected chi connectivity index (χ0v) is 19.9. The van der Waals surface area contributed by atoms with Gasteiger partial charge in [-0.25, -0.2) is 9.98 Å². The third kappa shape index (κ3) is 5.84. The number of imidazole rings is 1. The topological polar surface area (TPSA) is 54.2 Å². The maximum absolute atomic E-state index is 4.84. The van der Waals surface area contributed by atoms with E-state index in [1.807, 2.05) is 18.7 Å². The molecule has 1 heterocycles. The molecule has 1 aliphatic rings. The monoisotopic (exact) mass is 515 g/mol. The Kier molecular flexibility index (Phi) is 7.90. The van der Waals surface area contributed by atoms with Crippen LogP contribution in [0, 0.1) is 5.92 Å². The molecule has 0 spiro atoms. The van der Waals surface area contributed by atoms with Crippen LogP contribution in [0.4, 0.5) is 0 Å². The second-order valence-electron chi connectivity index (χ2n) is 7.75. The first-order valence-electron chi connectivity index (χ1n) is 10.4. The van der Waals surface area contributed by atoms with Gasteiger partial charge in [0.25, 0.3) is 0 Å². The Labute approximate surface area is 196 Å². The fourth-order valence-electron chi connectivity index (χ4n) is 3.50. The van der Waals surface area contributed by atoms with Gasteiger partial charge >= 0.3 is 0 Å². The minimum Gasteiger partial charge on any atom is -0.357 e. The van der Waals surface area contributed by atoms with Gasteiger partial charge in [-0.05, 0) is 41.5 Å². The Morgan fingerprint density at radius 3 is 2.60 bits per heavy atom. The fourth-order valence-corrected chi connectivity index (χ4v) is 3.50. The molecule has 5 nitrogen and oxygen atoms in total. The zero-order valence-electron chi connectivity index (χ0n) is 17.6. The average molecular weight is 515 g/mol. The van der Waals surface area contributed by atoms with Crippen LogP contribution in [-0.2, 0) is 13.1 Å². The molecule has 3 aromatic rings. The molecule has 0 amide bonds. The lowest BCUT2D eigenvalue weighted by Gasteiger charge is -2.13. The highest BCUT2D eigenvalue weighted by Gasteiger charge is 2.33. The molecule has 0 saturated heterocycles. The lowest BCUT2D eigenvalue weighted by Crippen LogP contribution is -2.39. The molecule has 0 aliphatic heterocycles. The van der Waals surface area contributed by atoms with Crippen LogP contribution in [0.5, 0.6) is 0 Å². The molecule has 30 heavy (non-hydrogen) atoms. The summed E-state index contributed by atoms with van der Waals surface area (Å²) >= 11 is 0. The highest BCUT2D eigenvalue weighted by Crippen LogP contribution is 2.29. The molecule has 0 bridgehead atoms. The number of halogens is 1. The predicted molar refractivity (Wildman–Crippen MR) is 134 cm³/mol. The van der Waals surface area contributed by atoms with Gasteiger partial charge < -0.3 is 15.2 Å². The largest absolute Gasteiger partial charge is 0.357 e. The summed E-state index contributed by atoms with van der Waals surface area (Å²) in [4.78, 5) is 8.95. The fraction of sp³-hybridized carbons (Fsp3) is 0.333. The lowest BCUT2D eigenvalue weighted by atomic mass is 9.98. The van der Waals surface area contributed by atoms with E-state index in [-0.39, 0.29) is 24.0 Å². The van der Waals surface area contributed by atoms with Crippen molar-refractivity contribution in [1.29, 1.82) is 0 Å². The maximum Gasteiger partial charge on any atom is 0.191 e. The molecule has 1 aromatic heterocycles. The number of benzene rings is 2. The van der Waals surface area contributed by atoms with Gasteiger partial charge in [-0.3, -0.25) is 0 Å². The number of hydrogen-bond acceptors (Lipinski definition) is 2. The Balaban J connectivity index is 0.00000256. The standard InChI is InChI=1S/C24H29N5.HI/c1-3-26-24(28-23-14-18(23)2)27-15-21-6-4-5-7-22(21)20-10-8-19(9-11-20)16-29-13-12-25-17-29;/h4-13,17-18,23H,3,14-16H2,1-2H3,(H2,26,27,28);1H. The molecule has 2 unspecified atom stereocenters. The van der Waals surface area contributed by atoms with Gasteiger partial charge in [0, 0.05) is 31.5 Å². The third-order valence-electron chi connectivity index (χ3n) is 5.39. The molecule has 2 N–H and O–H groups in total. The number of hydrogen-bond donors (Lipinski definition) is 2. The average Bonchev–Trinajstić information content (AvgIpc) is 3.20. The molecule has 2 aromatic carbocycles. The SMILES string of the molecule is CCNC(=NCc1ccccc1-c1ccc(Cn2ccnc2)cc1)NC1CC1C.I. The minimum atomic E-state index is 0. The summed E-state index contributed by atoms with van der Waals surface area (Å²) in [6, 6.07) is 17.9. The summed E-state index contributed by atoms with van der Waals surface area (Å²) in [5.41, 5.74) is 4.95. The van der Waals surface area contributed by atoms with Crippen molar-refractivity contribution in [3.63, 3.8) is 0 Å². The Morgan fingerprint density at radius 1 is 1.17 bits per heavy atom. The highest BCUT2D eigenvalue weighted by atomic mass is 127. The van der Waals surface area contributed by atoms with Crippen molar-refractivity contribution in [2.45, 2.75) is 39.4 Å². The molecule has 2 atom stereocenters. The molecular formula is C24H30IN5. The van der Waals surface area contributed by atoms with E-state index in [1.165, 1.54) is 28.7 Å². The summed E-state index contributed by atoms with van der Waals surface area (Å²) in [7, 11) is 0. The quantitative estimate of drug-likeness (QED) is 0.273. The number of nitrogens with one attached hydrogen (secondary N) is 2. The Bertz CT molecular complexity index is 950. The summed E-state index contributed by atoms with van der Waals surface area (Å²) < 4.78 is 2.08. The minimum absolute atomic E-state index is 0. The normalized spacial score (nSPS) is 17.9.